The second-order valence-corrected chi connectivity index (χ2v) is 13.5. The van der Waals surface area contributed by atoms with Gasteiger partial charge in [0.25, 0.3) is 0 Å². The summed E-state index contributed by atoms with van der Waals surface area (Å²) in [6.45, 7) is 5.52. The summed E-state index contributed by atoms with van der Waals surface area (Å²) >= 11 is -0.556. The first-order valence-corrected chi connectivity index (χ1v) is 18.4. The van der Waals surface area contributed by atoms with Crippen molar-refractivity contribution in [2.24, 2.45) is 9.98 Å². The van der Waals surface area contributed by atoms with Crippen LogP contribution in [0.15, 0.2) is 107 Å². The molecule has 0 aliphatic heterocycles. The molecule has 0 aliphatic rings. The van der Waals surface area contributed by atoms with Gasteiger partial charge in [0.15, 0.2) is 23.3 Å². The van der Waals surface area contributed by atoms with Crippen LogP contribution in [-0.4, -0.2) is 22.6 Å². The van der Waals surface area contributed by atoms with Gasteiger partial charge < -0.3 is 10.2 Å². The molecule has 0 radical (unpaired) electrons. The van der Waals surface area contributed by atoms with Crippen LogP contribution in [0.4, 0.5) is 33.3 Å². The summed E-state index contributed by atoms with van der Waals surface area (Å²) in [7, 11) is 9.78. The molecule has 2 N–H and O–H groups in total. The number of nitrogens with zero attached hydrogens (tertiary/aromatic N) is 2. The number of halogens is 7. The van der Waals surface area contributed by atoms with Crippen molar-refractivity contribution in [3.8, 4) is 22.6 Å². The topological polar surface area (TPSA) is 65.2 Å². The molecule has 48 heavy (non-hydrogen) atoms. The van der Waals surface area contributed by atoms with Crippen molar-refractivity contribution in [2.45, 2.75) is 26.2 Å². The normalized spacial score (nSPS) is 11.1. The minimum atomic E-state index is -2.25. The van der Waals surface area contributed by atoms with Gasteiger partial charge in [-0.2, -0.15) is 0 Å². The van der Waals surface area contributed by atoms with Crippen molar-refractivity contribution in [3.05, 3.63) is 143 Å². The van der Waals surface area contributed by atoms with Crippen molar-refractivity contribution in [3.63, 3.8) is 0 Å². The van der Waals surface area contributed by atoms with Gasteiger partial charge in [0, 0.05) is 29.1 Å². The second kappa shape index (κ2) is 17.9. The second-order valence-electron chi connectivity index (χ2n) is 10.9. The molecule has 0 atom stereocenters. The molecule has 248 valence electrons. The molecule has 0 fully saturated rings. The Morgan fingerprint density at radius 3 is 1.58 bits per heavy atom. The molecule has 0 amide bonds. The molecule has 0 bridgehead atoms. The fraction of sp³-hybridized carbons (Fsp3) is 0.111. The molecular formula is C36H29Cl2F5N2O2Ti. The summed E-state index contributed by atoms with van der Waals surface area (Å²) in [6, 6.07) is 29.8. The third-order valence-corrected chi connectivity index (χ3v) is 6.66. The molecule has 4 nitrogen and oxygen atoms in total. The van der Waals surface area contributed by atoms with E-state index in [1.807, 2.05) is 99.6 Å². The van der Waals surface area contributed by atoms with E-state index in [-0.39, 0.29) is 17.1 Å². The van der Waals surface area contributed by atoms with E-state index >= 15 is 0 Å². The molecule has 0 unspecified atom stereocenters. The predicted octanol–water partition coefficient (Wildman–Crippen LogP) is 11.3. The molecule has 0 aliphatic carbocycles. The number of rotatable bonds is 5. The molecule has 5 aromatic rings. The van der Waals surface area contributed by atoms with Gasteiger partial charge in [0.2, 0.25) is 5.82 Å². The monoisotopic (exact) mass is 734 g/mol. The summed E-state index contributed by atoms with van der Waals surface area (Å²) in [4.78, 5) is 7.73. The zero-order valence-electron chi connectivity index (χ0n) is 25.8. The number of hydrogen-bond donors (Lipinski definition) is 2. The van der Waals surface area contributed by atoms with Crippen LogP contribution in [0.1, 0.15) is 37.5 Å². The zero-order valence-corrected chi connectivity index (χ0v) is 28.9. The number of aliphatic imine (C=N–C) groups is 2. The van der Waals surface area contributed by atoms with E-state index < -0.39 is 57.2 Å². The third-order valence-electron chi connectivity index (χ3n) is 6.66. The van der Waals surface area contributed by atoms with Crippen molar-refractivity contribution < 1.29 is 49.2 Å². The first-order valence-electron chi connectivity index (χ1n) is 14.1. The Labute approximate surface area is 291 Å². The summed E-state index contributed by atoms with van der Waals surface area (Å²) in [5, 5.41) is 20.6. The number of benzene rings is 5. The van der Waals surface area contributed by atoms with Crippen LogP contribution in [0, 0.1) is 29.1 Å². The maximum absolute atomic E-state index is 13.6. The van der Waals surface area contributed by atoms with Gasteiger partial charge in [-0.25, -0.2) is 26.9 Å². The third kappa shape index (κ3) is 10.00. The fourth-order valence-electron chi connectivity index (χ4n) is 4.29. The Bertz CT molecular complexity index is 1860. The predicted molar refractivity (Wildman–Crippen MR) is 179 cm³/mol. The van der Waals surface area contributed by atoms with Crippen molar-refractivity contribution in [1.82, 2.24) is 0 Å². The quantitative estimate of drug-likeness (QED) is 0.0621. The summed E-state index contributed by atoms with van der Waals surface area (Å²) < 4.78 is 66.4. The molecule has 0 spiro atoms. The first-order chi connectivity index (χ1) is 22.8. The van der Waals surface area contributed by atoms with Gasteiger partial charge in [-0.15, -0.1) is 0 Å². The SMILES string of the molecule is CC(C)(C)c1cccc(C=Nc2c(F)c(F)c(F)c(F)c2F)c1O.Oc1c(C=Nc2ccccc2)cccc1-c1ccccc1.[Cl][Ti][Cl]. The minimum absolute atomic E-state index is 0.0892. The summed E-state index contributed by atoms with van der Waals surface area (Å²) in [5.74, 6) is -10.4. The summed E-state index contributed by atoms with van der Waals surface area (Å²) in [5.41, 5.74) is 2.28. The van der Waals surface area contributed by atoms with E-state index in [1.165, 1.54) is 6.07 Å². The molecular weight excluding hydrogens is 706 g/mol. The van der Waals surface area contributed by atoms with Gasteiger partial charge in [0.05, 0.1) is 5.69 Å². The number of hydrogen-bond acceptors (Lipinski definition) is 4. The van der Waals surface area contributed by atoms with Crippen LogP contribution in [-0.2, 0) is 22.4 Å². The van der Waals surface area contributed by atoms with Crippen LogP contribution in [0.3, 0.4) is 0 Å². The fourth-order valence-corrected chi connectivity index (χ4v) is 4.29. The van der Waals surface area contributed by atoms with Crippen LogP contribution in [0.25, 0.3) is 11.1 Å². The van der Waals surface area contributed by atoms with E-state index in [1.54, 1.807) is 18.3 Å². The molecule has 0 saturated carbocycles. The Morgan fingerprint density at radius 2 is 1.04 bits per heavy atom. The van der Waals surface area contributed by atoms with E-state index in [9.17, 15) is 32.2 Å². The van der Waals surface area contributed by atoms with Gasteiger partial charge in [-0.3, -0.25) is 4.99 Å². The standard InChI is InChI=1S/C19H15NO.C17H14F5NO.2ClH.Ti/c21-19-16(14-20-17-11-5-2-6-12-17)10-7-13-18(19)15-8-3-1-4-9-15;1-17(2,3)9-6-4-5-8(16(9)24)7-23-15-13(21)11(19)10(18)12(20)14(15)22;;;/h1-14,21H;4-7,24H,1-3H3;2*1H;/q;;;;+2/p-2. The Hall–Kier alpha value is -4.02. The number of para-hydroxylation sites is 3. The van der Waals surface area contributed by atoms with Gasteiger partial charge in [0.1, 0.15) is 17.2 Å². The van der Waals surface area contributed by atoms with Crippen LogP contribution >= 0.6 is 18.6 Å². The van der Waals surface area contributed by atoms with Crippen molar-refractivity contribution in [1.29, 1.82) is 0 Å². The Morgan fingerprint density at radius 1 is 0.583 bits per heavy atom. The van der Waals surface area contributed by atoms with E-state index in [4.69, 9.17) is 18.6 Å². The van der Waals surface area contributed by atoms with Crippen LogP contribution < -0.4 is 0 Å². The molecule has 0 heterocycles. The van der Waals surface area contributed by atoms with E-state index in [0.29, 0.717) is 11.1 Å². The molecule has 5 aromatic carbocycles. The number of phenols is 2. The molecule has 0 aromatic heterocycles. The van der Waals surface area contributed by atoms with E-state index in [0.717, 1.165) is 23.0 Å². The molecule has 5 rings (SSSR count). The average Bonchev–Trinajstić information content (AvgIpc) is 3.07. The van der Waals surface area contributed by atoms with Crippen LogP contribution in [0.5, 0.6) is 11.5 Å². The Balaban J connectivity index is 0.000000242. The molecule has 0 saturated heterocycles. The van der Waals surface area contributed by atoms with Gasteiger partial charge in [-0.05, 0) is 40.8 Å². The summed E-state index contributed by atoms with van der Waals surface area (Å²) in [6.07, 6.45) is 2.54. The average molecular weight is 735 g/mol. The van der Waals surface area contributed by atoms with Crippen LogP contribution in [0.2, 0.25) is 0 Å². The van der Waals surface area contributed by atoms with Crippen molar-refractivity contribution in [2.75, 3.05) is 0 Å². The van der Waals surface area contributed by atoms with Crippen molar-refractivity contribution >= 4 is 42.4 Å². The maximum atomic E-state index is 13.6. The zero-order chi connectivity index (χ0) is 35.4. The van der Waals surface area contributed by atoms with E-state index in [2.05, 4.69) is 9.98 Å². The Kier molecular flexibility index (Phi) is 14.4. The molecule has 12 heteroatoms. The first kappa shape index (κ1) is 38.4. The van der Waals surface area contributed by atoms with Gasteiger partial charge in [-0.1, -0.05) is 93.6 Å². The van der Waals surface area contributed by atoms with Gasteiger partial charge >= 0.3 is 35.6 Å². The number of aromatic hydroxyl groups is 2. The number of phenolic OH excluding ortho intramolecular Hbond substituents is 2.